The largest absolute Gasteiger partial charge is 0.328 e. The lowest BCUT2D eigenvalue weighted by molar-refractivity contribution is -0.107. The van der Waals surface area contributed by atoms with Crippen LogP contribution < -0.4 is 5.73 Å². The highest BCUT2D eigenvalue weighted by Gasteiger charge is 1.92. The number of nitrogens with two attached hydrogens (primary N) is 1. The number of hydrogen-bond donors (Lipinski definition) is 1. The van der Waals surface area contributed by atoms with Crippen LogP contribution in [-0.2, 0) is 4.79 Å². The van der Waals surface area contributed by atoms with Crippen molar-refractivity contribution in [1.29, 1.82) is 0 Å². The fraction of sp³-hybridized carbons (Fsp3) is 0.857. The van der Waals surface area contributed by atoms with Crippen LogP contribution in [0.5, 0.6) is 0 Å². The van der Waals surface area contributed by atoms with Crippen molar-refractivity contribution in [2.75, 3.05) is 0 Å². The molecule has 1 unspecified atom stereocenters. The first-order chi connectivity index (χ1) is 4.27. The summed E-state index contributed by atoms with van der Waals surface area (Å²) in [6.45, 7) is 1.99. The summed E-state index contributed by atoms with van der Waals surface area (Å²) in [6.07, 6.45) is 4.75. The van der Waals surface area contributed by atoms with E-state index in [1.807, 2.05) is 6.92 Å². The minimum Gasteiger partial charge on any atom is -0.328 e. The molecule has 0 aliphatic carbocycles. The van der Waals surface area contributed by atoms with Gasteiger partial charge in [0, 0.05) is 12.5 Å². The monoisotopic (exact) mass is 129 g/mol. The summed E-state index contributed by atoms with van der Waals surface area (Å²) in [5, 5.41) is 0. The molecule has 0 heterocycles. The van der Waals surface area contributed by atoms with E-state index in [0.29, 0.717) is 6.42 Å². The Morgan fingerprint density at radius 3 is 2.67 bits per heavy atom. The molecule has 0 rings (SSSR count). The molecule has 0 aliphatic rings. The van der Waals surface area contributed by atoms with Gasteiger partial charge in [0.1, 0.15) is 6.29 Å². The zero-order valence-electron chi connectivity index (χ0n) is 5.97. The van der Waals surface area contributed by atoms with E-state index in [9.17, 15) is 4.79 Å². The highest BCUT2D eigenvalue weighted by atomic mass is 16.1. The molecule has 9 heavy (non-hydrogen) atoms. The molecule has 1 atom stereocenters. The minimum atomic E-state index is 0.289. The van der Waals surface area contributed by atoms with Crippen molar-refractivity contribution in [2.45, 2.75) is 38.6 Å². The average molecular weight is 129 g/mol. The molecule has 0 saturated heterocycles. The van der Waals surface area contributed by atoms with Crippen LogP contribution in [0.3, 0.4) is 0 Å². The van der Waals surface area contributed by atoms with Gasteiger partial charge >= 0.3 is 0 Å². The highest BCUT2D eigenvalue weighted by Crippen LogP contribution is 1.99. The first-order valence-corrected chi connectivity index (χ1v) is 3.46. The van der Waals surface area contributed by atoms with Gasteiger partial charge in [-0.05, 0) is 19.8 Å². The Balaban J connectivity index is 2.82. The first-order valence-electron chi connectivity index (χ1n) is 3.46. The molecule has 0 aliphatic heterocycles. The van der Waals surface area contributed by atoms with E-state index in [2.05, 4.69) is 0 Å². The summed E-state index contributed by atoms with van der Waals surface area (Å²) in [7, 11) is 0. The van der Waals surface area contributed by atoms with Gasteiger partial charge in [0.2, 0.25) is 0 Å². The van der Waals surface area contributed by atoms with Crippen LogP contribution in [0.15, 0.2) is 0 Å². The molecular formula is C7H15NO. The van der Waals surface area contributed by atoms with Crippen LogP contribution in [0.25, 0.3) is 0 Å². The lowest BCUT2D eigenvalue weighted by Crippen LogP contribution is -2.13. The Bertz CT molecular complexity index is 71.3. The Labute approximate surface area is 56.4 Å². The van der Waals surface area contributed by atoms with E-state index in [1.165, 1.54) is 0 Å². The Hall–Kier alpha value is -0.370. The van der Waals surface area contributed by atoms with E-state index in [4.69, 9.17) is 5.73 Å². The molecule has 0 aromatic heterocycles. The lowest BCUT2D eigenvalue weighted by atomic mass is 10.1. The normalized spacial score (nSPS) is 13.1. The van der Waals surface area contributed by atoms with Gasteiger partial charge in [0.15, 0.2) is 0 Å². The van der Waals surface area contributed by atoms with Gasteiger partial charge < -0.3 is 10.5 Å². The molecule has 2 nitrogen and oxygen atoms in total. The molecule has 0 amide bonds. The fourth-order valence-electron chi connectivity index (χ4n) is 0.694. The first kappa shape index (κ1) is 8.63. The predicted molar refractivity (Wildman–Crippen MR) is 38.2 cm³/mol. The third-order valence-corrected chi connectivity index (χ3v) is 1.23. The number of carbonyl (C=O) groups excluding carboxylic acids is 1. The van der Waals surface area contributed by atoms with Gasteiger partial charge in [-0.25, -0.2) is 0 Å². The Morgan fingerprint density at radius 1 is 1.56 bits per heavy atom. The minimum absolute atomic E-state index is 0.289. The van der Waals surface area contributed by atoms with Crippen molar-refractivity contribution >= 4 is 6.29 Å². The van der Waals surface area contributed by atoms with Crippen LogP contribution in [0.4, 0.5) is 0 Å². The molecule has 0 bridgehead atoms. The van der Waals surface area contributed by atoms with Crippen molar-refractivity contribution in [3.63, 3.8) is 0 Å². The predicted octanol–water partition coefficient (Wildman–Crippen LogP) is 1.09. The number of aldehydes is 1. The molecule has 0 aromatic rings. The van der Waals surface area contributed by atoms with Crippen LogP contribution in [0, 0.1) is 0 Å². The molecule has 2 N–H and O–H groups in total. The highest BCUT2D eigenvalue weighted by molar-refractivity contribution is 5.48. The van der Waals surface area contributed by atoms with Crippen molar-refractivity contribution in [3.05, 3.63) is 0 Å². The van der Waals surface area contributed by atoms with Crippen molar-refractivity contribution < 1.29 is 4.79 Å². The molecular weight excluding hydrogens is 114 g/mol. The molecule has 0 radical (unpaired) electrons. The number of carbonyl (C=O) groups is 1. The number of unbranched alkanes of at least 4 members (excludes halogenated alkanes) is 2. The summed E-state index contributed by atoms with van der Waals surface area (Å²) in [4.78, 5) is 9.82. The van der Waals surface area contributed by atoms with Crippen molar-refractivity contribution in [2.24, 2.45) is 5.73 Å². The topological polar surface area (TPSA) is 43.1 Å². The van der Waals surface area contributed by atoms with Gasteiger partial charge in [-0.15, -0.1) is 0 Å². The van der Waals surface area contributed by atoms with E-state index >= 15 is 0 Å². The van der Waals surface area contributed by atoms with E-state index < -0.39 is 0 Å². The summed E-state index contributed by atoms with van der Waals surface area (Å²) in [6, 6.07) is 0.289. The van der Waals surface area contributed by atoms with Gasteiger partial charge in [0.25, 0.3) is 0 Å². The van der Waals surface area contributed by atoms with Crippen molar-refractivity contribution in [1.82, 2.24) is 0 Å². The van der Waals surface area contributed by atoms with Gasteiger partial charge in [-0.3, -0.25) is 0 Å². The Morgan fingerprint density at radius 2 is 2.22 bits per heavy atom. The number of rotatable bonds is 5. The maximum atomic E-state index is 9.82. The fourth-order valence-corrected chi connectivity index (χ4v) is 0.694. The molecule has 2 heteroatoms. The summed E-state index contributed by atoms with van der Waals surface area (Å²) in [5.74, 6) is 0. The summed E-state index contributed by atoms with van der Waals surface area (Å²) in [5.41, 5.74) is 5.49. The molecule has 0 saturated carbocycles. The molecule has 54 valence electrons. The summed E-state index contributed by atoms with van der Waals surface area (Å²) < 4.78 is 0. The van der Waals surface area contributed by atoms with Crippen LogP contribution in [0.1, 0.15) is 32.6 Å². The van der Waals surface area contributed by atoms with Crippen LogP contribution >= 0.6 is 0 Å². The third-order valence-electron chi connectivity index (χ3n) is 1.23. The molecule has 0 spiro atoms. The number of hydrogen-bond acceptors (Lipinski definition) is 2. The zero-order valence-corrected chi connectivity index (χ0v) is 5.97. The van der Waals surface area contributed by atoms with Gasteiger partial charge in [-0.1, -0.05) is 6.42 Å². The second kappa shape index (κ2) is 5.76. The summed E-state index contributed by atoms with van der Waals surface area (Å²) >= 11 is 0. The maximum absolute atomic E-state index is 9.82. The molecule has 0 aromatic carbocycles. The van der Waals surface area contributed by atoms with Crippen molar-refractivity contribution in [3.8, 4) is 0 Å². The maximum Gasteiger partial charge on any atom is 0.119 e. The smallest absolute Gasteiger partial charge is 0.119 e. The zero-order chi connectivity index (χ0) is 7.11. The van der Waals surface area contributed by atoms with E-state index in [1.54, 1.807) is 0 Å². The SMILES string of the molecule is CC(N)CCCCC=O. The standard InChI is InChI=1S/C7H15NO/c1-7(8)5-3-2-4-6-9/h6-7H,2-5,8H2,1H3. The van der Waals surface area contributed by atoms with Crippen LogP contribution in [-0.4, -0.2) is 12.3 Å². The van der Waals surface area contributed by atoms with E-state index in [-0.39, 0.29) is 6.04 Å². The van der Waals surface area contributed by atoms with E-state index in [0.717, 1.165) is 25.5 Å². The molecule has 0 fully saturated rings. The Kier molecular flexibility index (Phi) is 5.52. The quantitative estimate of drug-likeness (QED) is 0.446. The van der Waals surface area contributed by atoms with Crippen LogP contribution in [0.2, 0.25) is 0 Å². The second-order valence-electron chi connectivity index (χ2n) is 2.43. The average Bonchev–Trinajstić information content (AvgIpc) is 1.80. The second-order valence-corrected chi connectivity index (χ2v) is 2.43. The van der Waals surface area contributed by atoms with Gasteiger partial charge in [0.05, 0.1) is 0 Å². The van der Waals surface area contributed by atoms with Gasteiger partial charge in [-0.2, -0.15) is 0 Å². The third kappa shape index (κ3) is 7.63. The lowest BCUT2D eigenvalue weighted by Gasteiger charge is -2.00.